The van der Waals surface area contributed by atoms with Gasteiger partial charge in [-0.15, -0.1) is 0 Å². The number of hydrogen-bond acceptors (Lipinski definition) is 5. The number of benzene rings is 1. The second kappa shape index (κ2) is 6.13. The van der Waals surface area contributed by atoms with Crippen molar-refractivity contribution in [1.29, 1.82) is 0 Å². The van der Waals surface area contributed by atoms with Crippen LogP contribution in [0.2, 0.25) is 0 Å². The van der Waals surface area contributed by atoms with E-state index in [0.717, 1.165) is 11.1 Å². The Bertz CT molecular complexity index is 681. The SMILES string of the molecule is CC(=O)COc1nc(-c2ccc(C)cc2)ccc1[N+](=O)[O-]. The van der Waals surface area contributed by atoms with E-state index < -0.39 is 4.92 Å². The lowest BCUT2D eigenvalue weighted by Gasteiger charge is -2.07. The van der Waals surface area contributed by atoms with Gasteiger partial charge in [0.1, 0.15) is 6.61 Å². The van der Waals surface area contributed by atoms with Gasteiger partial charge in [0.15, 0.2) is 5.78 Å². The second-order valence-electron chi connectivity index (χ2n) is 4.63. The fourth-order valence-electron chi connectivity index (χ4n) is 1.73. The van der Waals surface area contributed by atoms with Gasteiger partial charge in [0.2, 0.25) is 0 Å². The number of ketones is 1. The fraction of sp³-hybridized carbons (Fsp3) is 0.200. The third kappa shape index (κ3) is 3.62. The van der Waals surface area contributed by atoms with Gasteiger partial charge in [-0.1, -0.05) is 29.8 Å². The van der Waals surface area contributed by atoms with E-state index in [0.29, 0.717) is 5.69 Å². The molecule has 0 unspecified atom stereocenters. The Hall–Kier alpha value is -2.76. The lowest BCUT2D eigenvalue weighted by molar-refractivity contribution is -0.386. The fourth-order valence-corrected chi connectivity index (χ4v) is 1.73. The molecule has 0 atom stereocenters. The average molecular weight is 286 g/mol. The first-order chi connectivity index (χ1) is 9.97. The van der Waals surface area contributed by atoms with Crippen LogP contribution in [0.5, 0.6) is 5.88 Å². The van der Waals surface area contributed by atoms with Gasteiger partial charge in [0, 0.05) is 11.6 Å². The van der Waals surface area contributed by atoms with Gasteiger partial charge in [-0.3, -0.25) is 14.9 Å². The third-order valence-corrected chi connectivity index (χ3v) is 2.80. The monoisotopic (exact) mass is 286 g/mol. The molecule has 1 aromatic carbocycles. The standard InChI is InChI=1S/C15H14N2O4/c1-10-3-5-12(6-4-10)13-7-8-14(17(19)20)15(16-13)21-9-11(2)18/h3-8H,9H2,1-2H3. The molecule has 108 valence electrons. The highest BCUT2D eigenvalue weighted by Crippen LogP contribution is 2.28. The van der Waals surface area contributed by atoms with Gasteiger partial charge in [0.25, 0.3) is 5.88 Å². The second-order valence-corrected chi connectivity index (χ2v) is 4.63. The number of hydrogen-bond donors (Lipinski definition) is 0. The Balaban J connectivity index is 2.40. The number of carbonyl (C=O) groups is 1. The van der Waals surface area contributed by atoms with Crippen molar-refractivity contribution in [3.63, 3.8) is 0 Å². The predicted octanol–water partition coefficient (Wildman–Crippen LogP) is 2.93. The highest BCUT2D eigenvalue weighted by Gasteiger charge is 2.18. The van der Waals surface area contributed by atoms with Gasteiger partial charge in [0.05, 0.1) is 10.6 Å². The smallest absolute Gasteiger partial charge is 0.331 e. The minimum absolute atomic E-state index is 0.145. The summed E-state index contributed by atoms with van der Waals surface area (Å²) in [6, 6.07) is 10.5. The molecule has 0 bridgehead atoms. The van der Waals surface area contributed by atoms with E-state index in [2.05, 4.69) is 4.98 Å². The average Bonchev–Trinajstić information content (AvgIpc) is 2.45. The van der Waals surface area contributed by atoms with Crippen LogP contribution in [0.15, 0.2) is 36.4 Å². The molecule has 2 aromatic rings. The lowest BCUT2D eigenvalue weighted by atomic mass is 10.1. The van der Waals surface area contributed by atoms with Crippen molar-refractivity contribution < 1.29 is 14.5 Å². The van der Waals surface area contributed by atoms with Crippen LogP contribution in [0.3, 0.4) is 0 Å². The molecule has 0 spiro atoms. The first-order valence-corrected chi connectivity index (χ1v) is 6.32. The van der Waals surface area contributed by atoms with Crippen molar-refractivity contribution in [2.75, 3.05) is 6.61 Å². The molecular formula is C15H14N2O4. The maximum atomic E-state index is 11.0. The number of carbonyl (C=O) groups excluding carboxylic acids is 1. The number of rotatable bonds is 5. The van der Waals surface area contributed by atoms with Crippen molar-refractivity contribution in [3.8, 4) is 17.1 Å². The molecule has 0 aliphatic heterocycles. The zero-order chi connectivity index (χ0) is 15.4. The Kier molecular flexibility index (Phi) is 4.27. The Labute approximate surface area is 121 Å². The molecule has 0 N–H and O–H groups in total. The topological polar surface area (TPSA) is 82.3 Å². The van der Waals surface area contributed by atoms with E-state index >= 15 is 0 Å². The number of nitrogens with zero attached hydrogens (tertiary/aromatic N) is 2. The first-order valence-electron chi connectivity index (χ1n) is 6.32. The Morgan fingerprint density at radius 3 is 2.48 bits per heavy atom. The van der Waals surface area contributed by atoms with Crippen LogP contribution in [-0.2, 0) is 4.79 Å². The van der Waals surface area contributed by atoms with E-state index in [4.69, 9.17) is 4.74 Å². The number of aromatic nitrogens is 1. The zero-order valence-corrected chi connectivity index (χ0v) is 11.7. The molecule has 1 aromatic heterocycles. The molecule has 0 fully saturated rings. The summed E-state index contributed by atoms with van der Waals surface area (Å²) in [5.74, 6) is -0.375. The summed E-state index contributed by atoms with van der Waals surface area (Å²) in [5, 5.41) is 11.0. The highest BCUT2D eigenvalue weighted by molar-refractivity contribution is 5.77. The van der Waals surface area contributed by atoms with Gasteiger partial charge >= 0.3 is 5.69 Å². The number of Topliss-reactive ketones (excluding diaryl/α,β-unsaturated/α-hetero) is 1. The zero-order valence-electron chi connectivity index (χ0n) is 11.7. The normalized spacial score (nSPS) is 10.2. The molecule has 0 amide bonds. The molecular weight excluding hydrogens is 272 g/mol. The van der Waals surface area contributed by atoms with E-state index in [-0.39, 0.29) is 24.0 Å². The highest BCUT2D eigenvalue weighted by atomic mass is 16.6. The largest absolute Gasteiger partial charge is 0.465 e. The van der Waals surface area contributed by atoms with Crippen LogP contribution in [0, 0.1) is 17.0 Å². The van der Waals surface area contributed by atoms with Crippen LogP contribution < -0.4 is 4.74 Å². The maximum Gasteiger partial charge on any atom is 0.331 e. The van der Waals surface area contributed by atoms with Crippen molar-refractivity contribution in [2.45, 2.75) is 13.8 Å². The summed E-state index contributed by atoms with van der Waals surface area (Å²) in [6.45, 7) is 3.06. The maximum absolute atomic E-state index is 11.0. The summed E-state index contributed by atoms with van der Waals surface area (Å²) in [6.07, 6.45) is 0. The van der Waals surface area contributed by atoms with Crippen LogP contribution in [0.4, 0.5) is 5.69 Å². The van der Waals surface area contributed by atoms with Crippen LogP contribution in [0.1, 0.15) is 12.5 Å². The molecule has 2 rings (SSSR count). The van der Waals surface area contributed by atoms with E-state index in [9.17, 15) is 14.9 Å². The molecule has 0 saturated carbocycles. The van der Waals surface area contributed by atoms with Crippen LogP contribution in [0.25, 0.3) is 11.3 Å². The summed E-state index contributed by atoms with van der Waals surface area (Å²) in [7, 11) is 0. The quantitative estimate of drug-likeness (QED) is 0.623. The first kappa shape index (κ1) is 14.6. The summed E-state index contributed by atoms with van der Waals surface area (Å²) in [4.78, 5) is 25.5. The predicted molar refractivity (Wildman–Crippen MR) is 77.2 cm³/mol. The number of pyridine rings is 1. The van der Waals surface area contributed by atoms with E-state index in [1.54, 1.807) is 6.07 Å². The van der Waals surface area contributed by atoms with Gasteiger partial charge < -0.3 is 4.74 Å². The summed E-state index contributed by atoms with van der Waals surface area (Å²) < 4.78 is 5.14. The Morgan fingerprint density at radius 2 is 1.90 bits per heavy atom. The van der Waals surface area contributed by atoms with Crippen molar-refractivity contribution >= 4 is 11.5 Å². The summed E-state index contributed by atoms with van der Waals surface area (Å²) in [5.41, 5.74) is 2.23. The molecule has 6 nitrogen and oxygen atoms in total. The third-order valence-electron chi connectivity index (χ3n) is 2.80. The molecule has 6 heteroatoms. The van der Waals surface area contributed by atoms with E-state index in [1.165, 1.54) is 13.0 Å². The minimum atomic E-state index is -0.582. The number of ether oxygens (including phenoxy) is 1. The molecule has 0 saturated heterocycles. The minimum Gasteiger partial charge on any atom is -0.465 e. The summed E-state index contributed by atoms with van der Waals surface area (Å²) >= 11 is 0. The molecule has 0 aliphatic carbocycles. The molecule has 0 radical (unpaired) electrons. The van der Waals surface area contributed by atoms with Gasteiger partial charge in [-0.05, 0) is 19.9 Å². The Morgan fingerprint density at radius 1 is 1.24 bits per heavy atom. The molecule has 1 heterocycles. The van der Waals surface area contributed by atoms with Gasteiger partial charge in [-0.2, -0.15) is 0 Å². The van der Waals surface area contributed by atoms with Crippen molar-refractivity contribution in [1.82, 2.24) is 4.98 Å². The number of nitro groups is 1. The van der Waals surface area contributed by atoms with Crippen LogP contribution >= 0.6 is 0 Å². The van der Waals surface area contributed by atoms with Crippen molar-refractivity contribution in [2.24, 2.45) is 0 Å². The van der Waals surface area contributed by atoms with Crippen molar-refractivity contribution in [3.05, 3.63) is 52.1 Å². The number of aryl methyl sites for hydroxylation is 1. The van der Waals surface area contributed by atoms with Crippen LogP contribution in [-0.4, -0.2) is 22.3 Å². The molecule has 0 aliphatic rings. The van der Waals surface area contributed by atoms with Gasteiger partial charge in [-0.25, -0.2) is 4.98 Å². The van der Waals surface area contributed by atoms with E-state index in [1.807, 2.05) is 31.2 Å². The molecule has 21 heavy (non-hydrogen) atoms. The lowest BCUT2D eigenvalue weighted by Crippen LogP contribution is -2.09.